The zero-order chi connectivity index (χ0) is 36.6. The van der Waals surface area contributed by atoms with Crippen LogP contribution in [-0.4, -0.2) is 43.1 Å². The van der Waals surface area contributed by atoms with Crippen molar-refractivity contribution in [2.45, 2.75) is 79.2 Å². The van der Waals surface area contributed by atoms with Gasteiger partial charge in [-0.05, 0) is 87.4 Å². The molecule has 0 saturated heterocycles. The third kappa shape index (κ3) is 13.8. The van der Waals surface area contributed by atoms with Crippen molar-refractivity contribution in [3.63, 3.8) is 0 Å². The van der Waals surface area contributed by atoms with E-state index in [1.165, 1.54) is 11.6 Å². The highest BCUT2D eigenvalue weighted by Crippen LogP contribution is 2.30. The van der Waals surface area contributed by atoms with E-state index in [4.69, 9.17) is 14.2 Å². The van der Waals surface area contributed by atoms with Crippen LogP contribution in [0.15, 0.2) is 98.1 Å². The fourth-order valence-corrected chi connectivity index (χ4v) is 5.05. The molecule has 0 aliphatic rings. The zero-order valence-electron chi connectivity index (χ0n) is 30.2. The maximum Gasteiger partial charge on any atom is 0.330 e. The Morgan fingerprint density at radius 2 is 1.37 bits per heavy atom. The van der Waals surface area contributed by atoms with Crippen molar-refractivity contribution in [3.8, 4) is 5.75 Å². The Kier molecular flexibility index (Phi) is 16.1. The third-order valence-corrected chi connectivity index (χ3v) is 8.22. The summed E-state index contributed by atoms with van der Waals surface area (Å²) in [5, 5.41) is 0. The fourth-order valence-electron chi connectivity index (χ4n) is 5.05. The van der Waals surface area contributed by atoms with Crippen molar-refractivity contribution in [2.24, 2.45) is 5.41 Å². The van der Waals surface area contributed by atoms with E-state index in [0.717, 1.165) is 30.0 Å². The zero-order valence-corrected chi connectivity index (χ0v) is 30.2. The third-order valence-electron chi connectivity index (χ3n) is 8.22. The van der Waals surface area contributed by atoms with Crippen LogP contribution in [0, 0.1) is 12.3 Å². The molecular formula is C42H52O7. The number of esters is 1. The van der Waals surface area contributed by atoms with Gasteiger partial charge in [0.05, 0.1) is 5.60 Å². The molecule has 0 fully saturated rings. The van der Waals surface area contributed by atoms with Crippen LogP contribution in [0.5, 0.6) is 5.75 Å². The predicted molar refractivity (Wildman–Crippen MR) is 195 cm³/mol. The van der Waals surface area contributed by atoms with Gasteiger partial charge in [0.25, 0.3) is 0 Å². The Morgan fingerprint density at radius 1 is 0.776 bits per heavy atom. The molecule has 3 aromatic carbocycles. The fraction of sp³-hybridized carbons (Fsp3) is 0.381. The number of ether oxygens (including phenoxy) is 3. The Morgan fingerprint density at radius 3 is 1.90 bits per heavy atom. The first-order chi connectivity index (χ1) is 23.1. The molecule has 0 aliphatic carbocycles. The maximum absolute atomic E-state index is 12.8. The van der Waals surface area contributed by atoms with Crippen molar-refractivity contribution in [1.29, 1.82) is 0 Å². The van der Waals surface area contributed by atoms with Crippen LogP contribution in [0.4, 0.5) is 0 Å². The van der Waals surface area contributed by atoms with Crippen LogP contribution in [0.3, 0.4) is 0 Å². The van der Waals surface area contributed by atoms with E-state index in [9.17, 15) is 19.2 Å². The van der Waals surface area contributed by atoms with Gasteiger partial charge >= 0.3 is 5.97 Å². The topological polar surface area (TPSA) is 96.0 Å². The molecule has 0 heterocycles. The van der Waals surface area contributed by atoms with E-state index in [1.807, 2.05) is 76.2 Å². The van der Waals surface area contributed by atoms with Crippen LogP contribution >= 0.6 is 0 Å². The number of allylic oxidation sites excluding steroid dienone is 1. The van der Waals surface area contributed by atoms with Crippen molar-refractivity contribution in [1.82, 2.24) is 0 Å². The molecule has 262 valence electrons. The average Bonchev–Trinajstić information content (AvgIpc) is 3.07. The van der Waals surface area contributed by atoms with Crippen LogP contribution < -0.4 is 4.74 Å². The summed E-state index contributed by atoms with van der Waals surface area (Å²) in [7, 11) is 0. The number of hydrogen-bond donors (Lipinski definition) is 0. The Bertz CT molecular complexity index is 1550. The van der Waals surface area contributed by atoms with Gasteiger partial charge in [0.15, 0.2) is 17.3 Å². The number of hydrogen-bond acceptors (Lipinski definition) is 7. The second-order valence-electron chi connectivity index (χ2n) is 13.2. The highest BCUT2D eigenvalue weighted by atomic mass is 16.6. The van der Waals surface area contributed by atoms with Crippen LogP contribution in [-0.2, 0) is 24.7 Å². The molecule has 0 spiro atoms. The highest BCUT2D eigenvalue weighted by molar-refractivity contribution is 6.01. The van der Waals surface area contributed by atoms with Crippen LogP contribution in [0.1, 0.15) is 104 Å². The van der Waals surface area contributed by atoms with E-state index in [-0.39, 0.29) is 41.9 Å². The highest BCUT2D eigenvalue weighted by Gasteiger charge is 2.25. The minimum Gasteiger partial charge on any atom is -0.490 e. The summed E-state index contributed by atoms with van der Waals surface area (Å²) >= 11 is 0. The van der Waals surface area contributed by atoms with Crippen molar-refractivity contribution >= 4 is 23.3 Å². The SMILES string of the molecule is C=CC(=O)CC(C)(C)CCOC(C)(C)c1ccc(C(C)=O)cc1.C=CC(=O)OCCOc1ccc(C(=O)C(CC)c2ccc(C)cc2)cc1. The number of carbonyl (C=O) groups excluding carboxylic acids is 4. The Labute approximate surface area is 292 Å². The van der Waals surface area contributed by atoms with Gasteiger partial charge in [-0.2, -0.15) is 0 Å². The minimum atomic E-state index is -0.476. The van der Waals surface area contributed by atoms with Gasteiger partial charge in [-0.3, -0.25) is 14.4 Å². The molecule has 7 nitrogen and oxygen atoms in total. The Balaban J connectivity index is 0.000000343. The van der Waals surface area contributed by atoms with Crippen molar-refractivity contribution < 1.29 is 33.4 Å². The van der Waals surface area contributed by atoms with Crippen LogP contribution in [0.25, 0.3) is 0 Å². The van der Waals surface area contributed by atoms with Crippen molar-refractivity contribution in [2.75, 3.05) is 19.8 Å². The van der Waals surface area contributed by atoms with Gasteiger partial charge in [0.1, 0.15) is 19.0 Å². The average molecular weight is 669 g/mol. The largest absolute Gasteiger partial charge is 0.490 e. The summed E-state index contributed by atoms with van der Waals surface area (Å²) in [6, 6.07) is 22.7. The number of carbonyl (C=O) groups is 4. The van der Waals surface area contributed by atoms with E-state index >= 15 is 0 Å². The molecule has 0 N–H and O–H groups in total. The molecule has 0 saturated carbocycles. The van der Waals surface area contributed by atoms with Crippen molar-refractivity contribution in [3.05, 3.63) is 126 Å². The number of Topliss-reactive ketones (excluding diaryl/α,β-unsaturated/α-hetero) is 2. The molecule has 7 heteroatoms. The molecule has 1 atom stereocenters. The van der Waals surface area contributed by atoms with Gasteiger partial charge < -0.3 is 14.2 Å². The molecule has 0 amide bonds. The molecule has 3 rings (SSSR count). The Hall–Kier alpha value is -4.62. The number of benzene rings is 3. The summed E-state index contributed by atoms with van der Waals surface area (Å²) in [6.45, 7) is 21.6. The monoisotopic (exact) mass is 668 g/mol. The molecule has 0 radical (unpaired) electrons. The molecule has 0 aliphatic heterocycles. The van der Waals surface area contributed by atoms with Gasteiger partial charge in [-0.25, -0.2) is 4.79 Å². The molecule has 0 bridgehead atoms. The van der Waals surface area contributed by atoms with Gasteiger partial charge in [-0.15, -0.1) is 0 Å². The molecule has 1 unspecified atom stereocenters. The normalized spacial score (nSPS) is 11.7. The quantitative estimate of drug-likeness (QED) is 0.0577. The number of ketones is 3. The lowest BCUT2D eigenvalue weighted by molar-refractivity contribution is -0.138. The summed E-state index contributed by atoms with van der Waals surface area (Å²) in [5.74, 6) is 0.220. The lowest BCUT2D eigenvalue weighted by Crippen LogP contribution is -2.25. The smallest absolute Gasteiger partial charge is 0.330 e. The number of rotatable bonds is 18. The summed E-state index contributed by atoms with van der Waals surface area (Å²) < 4.78 is 16.4. The first-order valence-corrected chi connectivity index (χ1v) is 16.7. The molecule has 49 heavy (non-hydrogen) atoms. The van der Waals surface area contributed by atoms with Crippen LogP contribution in [0.2, 0.25) is 0 Å². The first kappa shape index (κ1) is 40.6. The predicted octanol–water partition coefficient (Wildman–Crippen LogP) is 9.18. The van der Waals surface area contributed by atoms with Gasteiger partial charge in [0.2, 0.25) is 0 Å². The lowest BCUT2D eigenvalue weighted by atomic mass is 9.84. The van der Waals surface area contributed by atoms with E-state index in [2.05, 4.69) is 27.0 Å². The summed E-state index contributed by atoms with van der Waals surface area (Å²) in [6.07, 6.45) is 4.51. The first-order valence-electron chi connectivity index (χ1n) is 16.7. The van der Waals surface area contributed by atoms with E-state index < -0.39 is 11.6 Å². The lowest BCUT2D eigenvalue weighted by Gasteiger charge is -2.29. The summed E-state index contributed by atoms with van der Waals surface area (Å²) in [4.78, 5) is 46.6. The molecule has 3 aromatic rings. The number of aryl methyl sites for hydroxylation is 1. The van der Waals surface area contributed by atoms with Gasteiger partial charge in [0, 0.05) is 36.1 Å². The minimum absolute atomic E-state index is 0.0592. The second kappa shape index (κ2) is 19.4. The van der Waals surface area contributed by atoms with E-state index in [0.29, 0.717) is 29.9 Å². The maximum atomic E-state index is 12.8. The van der Waals surface area contributed by atoms with Gasteiger partial charge in [-0.1, -0.05) is 88.0 Å². The van der Waals surface area contributed by atoms with E-state index in [1.54, 1.807) is 31.2 Å². The molecule has 0 aromatic heterocycles. The second-order valence-corrected chi connectivity index (χ2v) is 13.2. The standard InChI is InChI=1S/C22H24O4.C20H28O3/c1-4-20(17-8-6-16(3)7-9-17)22(24)18-10-12-19(13-11-18)25-14-15-26-21(23)5-2;1-7-18(22)14-19(3,4)12-13-23-20(5,6)17-10-8-16(9-11-17)15(2)21/h5-13,20H,2,4,14-15H2,1,3H3;7-11H,1,12-14H2,2-6H3. The molecular weight excluding hydrogens is 616 g/mol. The summed E-state index contributed by atoms with van der Waals surface area (Å²) in [5.41, 5.74) is 4.05.